The molecule has 4 unspecified atom stereocenters. The van der Waals surface area contributed by atoms with Crippen molar-refractivity contribution in [2.24, 2.45) is 11.8 Å². The highest BCUT2D eigenvalue weighted by Gasteiger charge is 2.44. The first-order valence-electron chi connectivity index (χ1n) is 7.12. The molecule has 2 aliphatic rings. The van der Waals surface area contributed by atoms with Gasteiger partial charge in [-0.1, -0.05) is 33.1 Å². The quantitative estimate of drug-likeness (QED) is 0.757. The van der Waals surface area contributed by atoms with Crippen LogP contribution in [0.2, 0.25) is 0 Å². The van der Waals surface area contributed by atoms with Gasteiger partial charge in [0.2, 0.25) is 0 Å². The van der Waals surface area contributed by atoms with Crippen LogP contribution in [0.1, 0.15) is 58.8 Å². The van der Waals surface area contributed by atoms with E-state index in [1.54, 1.807) is 0 Å². The SMILES string of the molecule is CCC1CCNC(C2(O)CCCCC2C)C1. The lowest BCUT2D eigenvalue weighted by atomic mass is 9.69. The van der Waals surface area contributed by atoms with E-state index in [4.69, 9.17) is 0 Å². The molecule has 1 saturated carbocycles. The zero-order chi connectivity index (χ0) is 11.6. The number of piperidine rings is 1. The second-order valence-corrected chi connectivity index (χ2v) is 5.94. The second-order valence-electron chi connectivity index (χ2n) is 5.94. The van der Waals surface area contributed by atoms with Crippen molar-refractivity contribution in [2.45, 2.75) is 70.4 Å². The summed E-state index contributed by atoms with van der Waals surface area (Å²) < 4.78 is 0. The van der Waals surface area contributed by atoms with E-state index in [0.29, 0.717) is 12.0 Å². The molecular weight excluding hydrogens is 198 g/mol. The van der Waals surface area contributed by atoms with Gasteiger partial charge in [-0.05, 0) is 44.1 Å². The van der Waals surface area contributed by atoms with Crippen molar-refractivity contribution in [3.63, 3.8) is 0 Å². The highest BCUT2D eigenvalue weighted by molar-refractivity contribution is 4.99. The summed E-state index contributed by atoms with van der Waals surface area (Å²) >= 11 is 0. The number of hydrogen-bond acceptors (Lipinski definition) is 2. The maximum absolute atomic E-state index is 10.9. The Hall–Kier alpha value is -0.0800. The zero-order valence-corrected chi connectivity index (χ0v) is 10.8. The molecule has 2 nitrogen and oxygen atoms in total. The molecule has 0 aromatic carbocycles. The van der Waals surface area contributed by atoms with Gasteiger partial charge in [0, 0.05) is 6.04 Å². The van der Waals surface area contributed by atoms with Gasteiger partial charge >= 0.3 is 0 Å². The number of rotatable bonds is 2. The van der Waals surface area contributed by atoms with Crippen molar-refractivity contribution in [2.75, 3.05) is 6.54 Å². The number of nitrogens with one attached hydrogen (secondary N) is 1. The normalized spacial score (nSPS) is 45.6. The van der Waals surface area contributed by atoms with Crippen LogP contribution in [0, 0.1) is 11.8 Å². The van der Waals surface area contributed by atoms with E-state index in [-0.39, 0.29) is 0 Å². The van der Waals surface area contributed by atoms with Gasteiger partial charge in [-0.25, -0.2) is 0 Å². The summed E-state index contributed by atoms with van der Waals surface area (Å²) in [6, 6.07) is 0.349. The van der Waals surface area contributed by atoms with Gasteiger partial charge in [0.25, 0.3) is 0 Å². The number of aliphatic hydroxyl groups is 1. The molecule has 16 heavy (non-hydrogen) atoms. The van der Waals surface area contributed by atoms with Crippen molar-refractivity contribution >= 4 is 0 Å². The Kier molecular flexibility index (Phi) is 3.91. The van der Waals surface area contributed by atoms with Gasteiger partial charge in [0.05, 0.1) is 5.60 Å². The highest BCUT2D eigenvalue weighted by Crippen LogP contribution is 2.39. The minimum atomic E-state index is -0.425. The summed E-state index contributed by atoms with van der Waals surface area (Å²) in [6.07, 6.45) is 8.44. The van der Waals surface area contributed by atoms with E-state index in [0.717, 1.165) is 18.9 Å². The van der Waals surface area contributed by atoms with E-state index in [2.05, 4.69) is 19.2 Å². The Balaban J connectivity index is 2.03. The van der Waals surface area contributed by atoms with Crippen molar-refractivity contribution in [3.8, 4) is 0 Å². The summed E-state index contributed by atoms with van der Waals surface area (Å²) in [5.74, 6) is 1.29. The third-order valence-electron chi connectivity index (χ3n) is 5.01. The van der Waals surface area contributed by atoms with Crippen molar-refractivity contribution in [1.82, 2.24) is 5.32 Å². The van der Waals surface area contributed by atoms with Crippen LogP contribution >= 0.6 is 0 Å². The molecule has 2 rings (SSSR count). The Labute approximate surface area is 99.8 Å². The predicted molar refractivity (Wildman–Crippen MR) is 67.4 cm³/mol. The smallest absolute Gasteiger partial charge is 0.0825 e. The van der Waals surface area contributed by atoms with Gasteiger partial charge in [-0.2, -0.15) is 0 Å². The lowest BCUT2D eigenvalue weighted by Gasteiger charge is -2.47. The van der Waals surface area contributed by atoms with Gasteiger partial charge in [0.1, 0.15) is 0 Å². The van der Waals surface area contributed by atoms with Gasteiger partial charge in [0.15, 0.2) is 0 Å². The van der Waals surface area contributed by atoms with Crippen LogP contribution in [0.25, 0.3) is 0 Å². The van der Waals surface area contributed by atoms with Crippen LogP contribution in [0.3, 0.4) is 0 Å². The average molecular weight is 225 g/mol. The van der Waals surface area contributed by atoms with Crippen LogP contribution in [-0.4, -0.2) is 23.3 Å². The fourth-order valence-corrected chi connectivity index (χ4v) is 3.62. The molecule has 4 atom stereocenters. The first-order chi connectivity index (χ1) is 7.66. The molecule has 0 radical (unpaired) electrons. The van der Waals surface area contributed by atoms with Gasteiger partial charge in [-0.3, -0.25) is 0 Å². The highest BCUT2D eigenvalue weighted by atomic mass is 16.3. The van der Waals surface area contributed by atoms with Crippen LogP contribution < -0.4 is 5.32 Å². The van der Waals surface area contributed by atoms with Crippen molar-refractivity contribution in [1.29, 1.82) is 0 Å². The molecule has 1 aliphatic carbocycles. The summed E-state index contributed by atoms with van der Waals surface area (Å²) in [4.78, 5) is 0. The molecule has 0 amide bonds. The van der Waals surface area contributed by atoms with Gasteiger partial charge in [-0.15, -0.1) is 0 Å². The minimum absolute atomic E-state index is 0.349. The molecule has 94 valence electrons. The van der Waals surface area contributed by atoms with Crippen LogP contribution in [-0.2, 0) is 0 Å². The fourth-order valence-electron chi connectivity index (χ4n) is 3.62. The summed E-state index contributed by atoms with van der Waals surface area (Å²) in [5, 5.41) is 14.5. The summed E-state index contributed by atoms with van der Waals surface area (Å²) in [5.41, 5.74) is -0.425. The molecular formula is C14H27NO. The summed E-state index contributed by atoms with van der Waals surface area (Å²) in [6.45, 7) is 5.61. The van der Waals surface area contributed by atoms with E-state index in [9.17, 15) is 5.11 Å². The monoisotopic (exact) mass is 225 g/mol. The van der Waals surface area contributed by atoms with Crippen LogP contribution in [0.5, 0.6) is 0 Å². The fraction of sp³-hybridized carbons (Fsp3) is 1.00. The molecule has 2 heteroatoms. The van der Waals surface area contributed by atoms with E-state index >= 15 is 0 Å². The topological polar surface area (TPSA) is 32.3 Å². The van der Waals surface area contributed by atoms with E-state index in [1.807, 2.05) is 0 Å². The molecule has 1 saturated heterocycles. The van der Waals surface area contributed by atoms with Crippen LogP contribution in [0.15, 0.2) is 0 Å². The standard InChI is InChI=1S/C14H27NO/c1-3-12-7-9-15-13(10-12)14(16)8-5-4-6-11(14)2/h11-13,15-16H,3-10H2,1-2H3. The molecule has 0 aromatic heterocycles. The molecule has 0 spiro atoms. The van der Waals surface area contributed by atoms with E-state index < -0.39 is 5.60 Å². The lowest BCUT2D eigenvalue weighted by Crippen LogP contribution is -2.58. The molecule has 0 bridgehead atoms. The maximum Gasteiger partial charge on any atom is 0.0825 e. The Bertz CT molecular complexity index is 231. The predicted octanol–water partition coefficient (Wildman–Crippen LogP) is 2.71. The average Bonchev–Trinajstić information content (AvgIpc) is 2.33. The lowest BCUT2D eigenvalue weighted by molar-refractivity contribution is -0.0818. The van der Waals surface area contributed by atoms with Crippen molar-refractivity contribution < 1.29 is 5.11 Å². The second kappa shape index (κ2) is 5.05. The van der Waals surface area contributed by atoms with Crippen molar-refractivity contribution in [3.05, 3.63) is 0 Å². The third kappa shape index (κ3) is 2.28. The Morgan fingerprint density at radius 1 is 1.31 bits per heavy atom. The molecule has 2 fully saturated rings. The maximum atomic E-state index is 10.9. The summed E-state index contributed by atoms with van der Waals surface area (Å²) in [7, 11) is 0. The van der Waals surface area contributed by atoms with Crippen LogP contribution in [0.4, 0.5) is 0 Å². The largest absolute Gasteiger partial charge is 0.388 e. The molecule has 1 heterocycles. The minimum Gasteiger partial charge on any atom is -0.388 e. The molecule has 2 N–H and O–H groups in total. The molecule has 0 aromatic rings. The number of hydrogen-bond donors (Lipinski definition) is 2. The Morgan fingerprint density at radius 2 is 2.12 bits per heavy atom. The first-order valence-corrected chi connectivity index (χ1v) is 7.12. The zero-order valence-electron chi connectivity index (χ0n) is 10.8. The first kappa shape index (κ1) is 12.4. The Morgan fingerprint density at radius 3 is 2.81 bits per heavy atom. The van der Waals surface area contributed by atoms with Gasteiger partial charge < -0.3 is 10.4 Å². The molecule has 1 aliphatic heterocycles. The van der Waals surface area contributed by atoms with E-state index in [1.165, 1.54) is 38.5 Å². The third-order valence-corrected chi connectivity index (χ3v) is 5.01.